The summed E-state index contributed by atoms with van der Waals surface area (Å²) < 4.78 is 0. The smallest absolute Gasteiger partial charge is 0.241 e. The molecule has 0 aromatic heterocycles. The molecule has 102 valence electrons. The molecule has 1 heterocycles. The third kappa shape index (κ3) is 2.16. The summed E-state index contributed by atoms with van der Waals surface area (Å²) in [5, 5.41) is 3.50. The van der Waals surface area contributed by atoms with Gasteiger partial charge in [0.25, 0.3) is 0 Å². The molecule has 1 saturated carbocycles. The van der Waals surface area contributed by atoms with E-state index in [0.29, 0.717) is 6.04 Å². The van der Waals surface area contributed by atoms with Crippen LogP contribution in [0.2, 0.25) is 0 Å². The summed E-state index contributed by atoms with van der Waals surface area (Å²) in [6.45, 7) is 4.34. The van der Waals surface area contributed by atoms with Gasteiger partial charge in [0.15, 0.2) is 0 Å². The molecule has 3 nitrogen and oxygen atoms in total. The molecule has 1 aromatic carbocycles. The normalized spacial score (nSPS) is 34.4. The van der Waals surface area contributed by atoms with Crippen molar-refractivity contribution in [3.8, 4) is 0 Å². The minimum Gasteiger partial charge on any atom is -0.319 e. The second-order valence-corrected chi connectivity index (χ2v) is 5.92. The zero-order valence-corrected chi connectivity index (χ0v) is 11.7. The largest absolute Gasteiger partial charge is 0.319 e. The first-order valence-electron chi connectivity index (χ1n) is 7.34. The van der Waals surface area contributed by atoms with E-state index in [1.807, 2.05) is 18.2 Å². The Labute approximate surface area is 115 Å². The van der Waals surface area contributed by atoms with Gasteiger partial charge < -0.3 is 4.90 Å². The lowest BCUT2D eigenvalue weighted by atomic mass is 9.80. The van der Waals surface area contributed by atoms with Gasteiger partial charge in [0, 0.05) is 6.04 Å². The fraction of sp³-hybridized carbons (Fsp3) is 0.562. The number of amides is 1. The number of nitrogens with zero attached hydrogens (tertiary/aromatic N) is 1. The summed E-state index contributed by atoms with van der Waals surface area (Å²) in [6.07, 6.45) is 3.22. The molecule has 2 atom stereocenters. The molecule has 1 aliphatic heterocycles. The van der Waals surface area contributed by atoms with Crippen LogP contribution in [0.25, 0.3) is 0 Å². The summed E-state index contributed by atoms with van der Waals surface area (Å²) in [7, 11) is 0. The highest BCUT2D eigenvalue weighted by molar-refractivity contribution is 5.85. The summed E-state index contributed by atoms with van der Waals surface area (Å²) >= 11 is 0. The number of carbonyl (C=O) groups excluding carboxylic acids is 1. The molecule has 3 rings (SSSR count). The van der Waals surface area contributed by atoms with E-state index >= 15 is 0 Å². The van der Waals surface area contributed by atoms with Gasteiger partial charge in [0.2, 0.25) is 5.91 Å². The summed E-state index contributed by atoms with van der Waals surface area (Å²) in [6, 6.07) is 10.7. The van der Waals surface area contributed by atoms with Crippen LogP contribution in [0.5, 0.6) is 0 Å². The van der Waals surface area contributed by atoms with Crippen LogP contribution < -0.4 is 5.32 Å². The van der Waals surface area contributed by atoms with Gasteiger partial charge in [-0.05, 0) is 30.7 Å². The van der Waals surface area contributed by atoms with E-state index < -0.39 is 0 Å². The number of hydrogen-bond donors (Lipinski definition) is 1. The summed E-state index contributed by atoms with van der Waals surface area (Å²) in [4.78, 5) is 14.6. The van der Waals surface area contributed by atoms with Crippen molar-refractivity contribution in [2.45, 2.75) is 51.4 Å². The molecular weight excluding hydrogens is 236 g/mol. The lowest BCUT2D eigenvalue weighted by Gasteiger charge is -2.42. The van der Waals surface area contributed by atoms with E-state index in [9.17, 15) is 4.79 Å². The van der Waals surface area contributed by atoms with E-state index in [4.69, 9.17) is 0 Å². The van der Waals surface area contributed by atoms with Gasteiger partial charge in [-0.3, -0.25) is 10.1 Å². The minimum absolute atomic E-state index is 0.0129. The molecule has 0 bridgehead atoms. The monoisotopic (exact) mass is 258 g/mol. The Morgan fingerprint density at radius 1 is 1.26 bits per heavy atom. The number of nitrogens with one attached hydrogen (secondary N) is 1. The quantitative estimate of drug-likeness (QED) is 0.904. The molecule has 2 unspecified atom stereocenters. The van der Waals surface area contributed by atoms with Gasteiger partial charge in [-0.2, -0.15) is 0 Å². The minimum atomic E-state index is -0.0129. The van der Waals surface area contributed by atoms with Crippen LogP contribution in [0.3, 0.4) is 0 Å². The molecule has 2 fully saturated rings. The maximum atomic E-state index is 12.5. The lowest BCUT2D eigenvalue weighted by Crippen LogP contribution is -2.47. The van der Waals surface area contributed by atoms with Gasteiger partial charge in [-0.25, -0.2) is 0 Å². The Balaban J connectivity index is 1.86. The third-order valence-corrected chi connectivity index (χ3v) is 4.46. The molecule has 1 N–H and O–H groups in total. The van der Waals surface area contributed by atoms with Crippen molar-refractivity contribution in [2.24, 2.45) is 5.92 Å². The van der Waals surface area contributed by atoms with Crippen LogP contribution in [0, 0.1) is 5.92 Å². The number of carbonyl (C=O) groups is 1. The van der Waals surface area contributed by atoms with Crippen LogP contribution >= 0.6 is 0 Å². The first-order valence-corrected chi connectivity index (χ1v) is 7.34. The molecule has 1 aliphatic carbocycles. The molecule has 0 radical (unpaired) electrons. The topological polar surface area (TPSA) is 32.3 Å². The van der Waals surface area contributed by atoms with Crippen molar-refractivity contribution in [3.63, 3.8) is 0 Å². The maximum absolute atomic E-state index is 12.5. The molecule has 0 spiro atoms. The number of hydrogen-bond acceptors (Lipinski definition) is 2. The molecular formula is C16H22N2O. The first kappa shape index (κ1) is 12.7. The Kier molecular flexibility index (Phi) is 3.31. The van der Waals surface area contributed by atoms with Crippen LogP contribution in [0.4, 0.5) is 0 Å². The molecule has 1 saturated heterocycles. The second kappa shape index (κ2) is 4.97. The van der Waals surface area contributed by atoms with Crippen LogP contribution in [-0.2, 0) is 4.79 Å². The van der Waals surface area contributed by atoms with E-state index in [2.05, 4.69) is 36.2 Å². The highest BCUT2D eigenvalue weighted by Gasteiger charge is 2.45. The predicted molar refractivity (Wildman–Crippen MR) is 75.4 cm³/mol. The number of rotatable bonds is 3. The third-order valence-electron chi connectivity index (χ3n) is 4.46. The van der Waals surface area contributed by atoms with Crippen LogP contribution in [0.15, 0.2) is 30.3 Å². The zero-order chi connectivity index (χ0) is 13.4. The molecule has 19 heavy (non-hydrogen) atoms. The van der Waals surface area contributed by atoms with Gasteiger partial charge in [0.1, 0.15) is 6.17 Å². The first-order chi connectivity index (χ1) is 9.20. The Morgan fingerprint density at radius 3 is 2.53 bits per heavy atom. The molecule has 1 aromatic rings. The van der Waals surface area contributed by atoms with Crippen LogP contribution in [-0.4, -0.2) is 22.9 Å². The highest BCUT2D eigenvalue weighted by atomic mass is 16.2. The molecule has 2 aliphatic rings. The van der Waals surface area contributed by atoms with E-state index in [-0.39, 0.29) is 18.1 Å². The van der Waals surface area contributed by atoms with Crippen molar-refractivity contribution >= 4 is 5.91 Å². The number of benzene rings is 1. The Morgan fingerprint density at radius 2 is 1.95 bits per heavy atom. The van der Waals surface area contributed by atoms with Gasteiger partial charge in [0.05, 0.1) is 6.04 Å². The average molecular weight is 258 g/mol. The fourth-order valence-corrected chi connectivity index (χ4v) is 3.31. The standard InChI is InChI=1S/C16H22N2O/c1-3-14-16(19)18(13-9-11(2)10-13)15(17-14)12-7-5-4-6-8-12/h4-8,11,13-15,17H,3,9-10H2,1-2H3. The van der Waals surface area contributed by atoms with Gasteiger partial charge >= 0.3 is 0 Å². The van der Waals surface area contributed by atoms with E-state index in [1.54, 1.807) is 0 Å². The second-order valence-electron chi connectivity index (χ2n) is 5.92. The average Bonchev–Trinajstić information content (AvgIpc) is 2.73. The molecule has 1 amide bonds. The Bertz CT molecular complexity index is 453. The Hall–Kier alpha value is -1.35. The van der Waals surface area contributed by atoms with Crippen molar-refractivity contribution in [2.75, 3.05) is 0 Å². The van der Waals surface area contributed by atoms with E-state index in [0.717, 1.165) is 25.2 Å². The van der Waals surface area contributed by atoms with Crippen molar-refractivity contribution < 1.29 is 4.79 Å². The van der Waals surface area contributed by atoms with Crippen molar-refractivity contribution in [1.82, 2.24) is 10.2 Å². The van der Waals surface area contributed by atoms with Crippen LogP contribution in [0.1, 0.15) is 44.8 Å². The lowest BCUT2D eigenvalue weighted by molar-refractivity contribution is -0.135. The fourth-order valence-electron chi connectivity index (χ4n) is 3.31. The SMILES string of the molecule is CCC1NC(c2ccccc2)N(C2CC(C)C2)C1=O. The highest BCUT2D eigenvalue weighted by Crippen LogP contribution is 2.38. The van der Waals surface area contributed by atoms with E-state index in [1.165, 1.54) is 5.56 Å². The maximum Gasteiger partial charge on any atom is 0.241 e. The van der Waals surface area contributed by atoms with Crippen molar-refractivity contribution in [1.29, 1.82) is 0 Å². The van der Waals surface area contributed by atoms with Gasteiger partial charge in [-0.1, -0.05) is 44.2 Å². The predicted octanol–water partition coefficient (Wildman–Crippen LogP) is 2.69. The van der Waals surface area contributed by atoms with Crippen molar-refractivity contribution in [3.05, 3.63) is 35.9 Å². The van der Waals surface area contributed by atoms with Gasteiger partial charge in [-0.15, -0.1) is 0 Å². The summed E-state index contributed by atoms with van der Waals surface area (Å²) in [5.74, 6) is 1.04. The summed E-state index contributed by atoms with van der Waals surface area (Å²) in [5.41, 5.74) is 1.20. The zero-order valence-electron chi connectivity index (χ0n) is 11.7. The molecule has 3 heteroatoms.